The van der Waals surface area contributed by atoms with Gasteiger partial charge in [-0.2, -0.15) is 13.2 Å². The van der Waals surface area contributed by atoms with Gasteiger partial charge in [-0.3, -0.25) is 0 Å². The van der Waals surface area contributed by atoms with Gasteiger partial charge in [-0.05, 0) is 32.0 Å². The van der Waals surface area contributed by atoms with Crippen molar-refractivity contribution in [2.24, 2.45) is 5.73 Å². The van der Waals surface area contributed by atoms with E-state index in [0.29, 0.717) is 6.07 Å². The minimum absolute atomic E-state index is 0.359. The molecular formula is C11H14F3NO2S. The molecule has 0 radical (unpaired) electrons. The predicted octanol–water partition coefficient (Wildman–Crippen LogP) is 2.21. The Kier molecular flexibility index (Phi) is 4.07. The molecule has 0 heterocycles. The third kappa shape index (κ3) is 3.02. The normalized spacial score (nSPS) is 16.3. The fourth-order valence-corrected chi connectivity index (χ4v) is 2.90. The van der Waals surface area contributed by atoms with Crippen molar-refractivity contribution in [2.75, 3.05) is 0 Å². The van der Waals surface area contributed by atoms with Gasteiger partial charge in [0, 0.05) is 6.04 Å². The van der Waals surface area contributed by atoms with Crippen LogP contribution in [-0.2, 0) is 16.0 Å². The summed E-state index contributed by atoms with van der Waals surface area (Å²) < 4.78 is 61.5. The van der Waals surface area contributed by atoms with Crippen LogP contribution in [0.3, 0.4) is 0 Å². The SMILES string of the molecule is CC(N)C(C)S(=O)(=O)c1cccc(C(F)(F)F)c1. The molecule has 2 N–H and O–H groups in total. The Balaban J connectivity index is 3.27. The zero-order chi connectivity index (χ0) is 14.1. The maximum Gasteiger partial charge on any atom is 0.416 e. The van der Waals surface area contributed by atoms with Crippen molar-refractivity contribution in [2.45, 2.75) is 36.2 Å². The molecule has 0 fully saturated rings. The summed E-state index contributed by atoms with van der Waals surface area (Å²) in [5, 5.41) is -0.944. The van der Waals surface area contributed by atoms with E-state index in [2.05, 4.69) is 0 Å². The first-order valence-electron chi connectivity index (χ1n) is 5.23. The molecule has 0 saturated heterocycles. The molecule has 18 heavy (non-hydrogen) atoms. The lowest BCUT2D eigenvalue weighted by Crippen LogP contribution is -2.35. The lowest BCUT2D eigenvalue weighted by atomic mass is 10.2. The van der Waals surface area contributed by atoms with Crippen LogP contribution in [0, 0.1) is 0 Å². The van der Waals surface area contributed by atoms with Crippen molar-refractivity contribution in [3.05, 3.63) is 29.8 Å². The Morgan fingerprint density at radius 3 is 2.22 bits per heavy atom. The van der Waals surface area contributed by atoms with Crippen molar-refractivity contribution in [1.29, 1.82) is 0 Å². The number of alkyl halides is 3. The van der Waals surface area contributed by atoms with Crippen LogP contribution in [0.1, 0.15) is 19.4 Å². The van der Waals surface area contributed by atoms with E-state index in [1.54, 1.807) is 0 Å². The standard InChI is InChI=1S/C11H14F3NO2S/c1-7(15)8(2)18(16,17)10-5-3-4-9(6-10)11(12,13)14/h3-8H,15H2,1-2H3. The third-order valence-electron chi connectivity index (χ3n) is 2.72. The molecule has 7 heteroatoms. The Morgan fingerprint density at radius 1 is 1.22 bits per heavy atom. The first kappa shape index (κ1) is 15.0. The molecular weight excluding hydrogens is 267 g/mol. The molecule has 0 amide bonds. The van der Waals surface area contributed by atoms with Gasteiger partial charge in [0.25, 0.3) is 0 Å². The summed E-state index contributed by atoms with van der Waals surface area (Å²) in [7, 11) is -3.85. The summed E-state index contributed by atoms with van der Waals surface area (Å²) >= 11 is 0. The first-order valence-corrected chi connectivity index (χ1v) is 6.78. The van der Waals surface area contributed by atoms with E-state index in [1.165, 1.54) is 13.8 Å². The first-order chi connectivity index (χ1) is 8.06. The van der Waals surface area contributed by atoms with Crippen molar-refractivity contribution in [1.82, 2.24) is 0 Å². The molecule has 1 aromatic carbocycles. The van der Waals surface area contributed by atoms with E-state index in [-0.39, 0.29) is 4.90 Å². The molecule has 102 valence electrons. The maximum absolute atomic E-state index is 12.5. The molecule has 0 aliphatic rings. The average Bonchev–Trinajstić information content (AvgIpc) is 2.27. The molecule has 1 rings (SSSR count). The van der Waals surface area contributed by atoms with E-state index >= 15 is 0 Å². The number of halogens is 3. The molecule has 0 aliphatic carbocycles. The molecule has 0 aliphatic heterocycles. The Labute approximate surface area is 104 Å². The minimum atomic E-state index is -4.57. The fourth-order valence-electron chi connectivity index (χ4n) is 1.35. The van der Waals surface area contributed by atoms with Crippen LogP contribution >= 0.6 is 0 Å². The Hall–Kier alpha value is -1.08. The van der Waals surface area contributed by atoms with Gasteiger partial charge in [-0.1, -0.05) is 6.07 Å². The summed E-state index contributed by atoms with van der Waals surface area (Å²) in [6, 6.07) is 3.01. The lowest BCUT2D eigenvalue weighted by Gasteiger charge is -2.17. The summed E-state index contributed by atoms with van der Waals surface area (Å²) in [5.74, 6) is 0. The number of benzene rings is 1. The number of rotatable bonds is 3. The highest BCUT2D eigenvalue weighted by molar-refractivity contribution is 7.92. The van der Waals surface area contributed by atoms with Crippen molar-refractivity contribution in [3.8, 4) is 0 Å². The van der Waals surface area contributed by atoms with Crippen LogP contribution in [0.4, 0.5) is 13.2 Å². The van der Waals surface area contributed by atoms with Crippen molar-refractivity contribution >= 4 is 9.84 Å². The van der Waals surface area contributed by atoms with Crippen molar-refractivity contribution in [3.63, 3.8) is 0 Å². The molecule has 3 nitrogen and oxygen atoms in total. The zero-order valence-corrected chi connectivity index (χ0v) is 10.7. The van der Waals surface area contributed by atoms with Crippen molar-refractivity contribution < 1.29 is 21.6 Å². The average molecular weight is 281 g/mol. The highest BCUT2D eigenvalue weighted by atomic mass is 32.2. The van der Waals surface area contributed by atoms with Gasteiger partial charge >= 0.3 is 6.18 Å². The largest absolute Gasteiger partial charge is 0.416 e. The van der Waals surface area contributed by atoms with E-state index in [4.69, 9.17) is 5.73 Å². The van der Waals surface area contributed by atoms with Gasteiger partial charge in [0.1, 0.15) is 0 Å². The second-order valence-electron chi connectivity index (χ2n) is 4.13. The van der Waals surface area contributed by atoms with Crippen LogP contribution in [0.15, 0.2) is 29.2 Å². The fraction of sp³-hybridized carbons (Fsp3) is 0.455. The maximum atomic E-state index is 12.5. The molecule has 0 bridgehead atoms. The number of sulfone groups is 1. The summed E-state index contributed by atoms with van der Waals surface area (Å²) in [6.07, 6.45) is -4.57. The lowest BCUT2D eigenvalue weighted by molar-refractivity contribution is -0.137. The Bertz CT molecular complexity index is 523. The highest BCUT2D eigenvalue weighted by Crippen LogP contribution is 2.31. The molecule has 0 spiro atoms. The molecule has 0 aromatic heterocycles. The molecule has 2 atom stereocenters. The monoisotopic (exact) mass is 281 g/mol. The minimum Gasteiger partial charge on any atom is -0.327 e. The summed E-state index contributed by atoms with van der Waals surface area (Å²) in [6.45, 7) is 2.87. The summed E-state index contributed by atoms with van der Waals surface area (Å²) in [5.41, 5.74) is 4.50. The van der Waals surface area contributed by atoms with Gasteiger partial charge in [0.15, 0.2) is 9.84 Å². The van der Waals surface area contributed by atoms with Crippen LogP contribution < -0.4 is 5.73 Å². The molecule has 0 saturated carbocycles. The van der Waals surface area contributed by atoms with Gasteiger partial charge in [0.05, 0.1) is 15.7 Å². The highest BCUT2D eigenvalue weighted by Gasteiger charge is 2.33. The van der Waals surface area contributed by atoms with Crippen LogP contribution in [0.25, 0.3) is 0 Å². The third-order valence-corrected chi connectivity index (χ3v) is 5.04. The van der Waals surface area contributed by atoms with Gasteiger partial charge in [-0.25, -0.2) is 8.42 Å². The van der Waals surface area contributed by atoms with Gasteiger partial charge < -0.3 is 5.73 Å². The van der Waals surface area contributed by atoms with Gasteiger partial charge in [-0.15, -0.1) is 0 Å². The number of hydrogen-bond acceptors (Lipinski definition) is 3. The van der Waals surface area contributed by atoms with Crippen LogP contribution in [-0.4, -0.2) is 19.7 Å². The second-order valence-corrected chi connectivity index (χ2v) is 6.44. The van der Waals surface area contributed by atoms with E-state index < -0.39 is 32.9 Å². The van der Waals surface area contributed by atoms with Gasteiger partial charge in [0.2, 0.25) is 0 Å². The quantitative estimate of drug-likeness (QED) is 0.924. The van der Waals surface area contributed by atoms with E-state index in [1.807, 2.05) is 0 Å². The van der Waals surface area contributed by atoms with E-state index in [0.717, 1.165) is 18.2 Å². The number of hydrogen-bond donors (Lipinski definition) is 1. The summed E-state index contributed by atoms with van der Waals surface area (Å²) in [4.78, 5) is -0.359. The second kappa shape index (κ2) is 4.89. The van der Waals surface area contributed by atoms with Crippen LogP contribution in [0.2, 0.25) is 0 Å². The number of nitrogens with two attached hydrogens (primary N) is 1. The topological polar surface area (TPSA) is 60.2 Å². The predicted molar refractivity (Wildman–Crippen MR) is 61.7 cm³/mol. The molecule has 2 unspecified atom stereocenters. The Morgan fingerprint density at radius 2 is 1.78 bits per heavy atom. The zero-order valence-electron chi connectivity index (χ0n) is 9.90. The molecule has 1 aromatic rings. The smallest absolute Gasteiger partial charge is 0.327 e. The van der Waals surface area contributed by atoms with Crippen LogP contribution in [0.5, 0.6) is 0 Å². The van der Waals surface area contributed by atoms with E-state index in [9.17, 15) is 21.6 Å².